The van der Waals surface area contributed by atoms with Crippen molar-refractivity contribution in [2.24, 2.45) is 12.0 Å². The van der Waals surface area contributed by atoms with Crippen LogP contribution >= 0.6 is 11.6 Å². The first kappa shape index (κ1) is 6.29. The molecule has 0 amide bonds. The van der Waals surface area contributed by atoms with Gasteiger partial charge in [-0.2, -0.15) is 5.10 Å². The van der Waals surface area contributed by atoms with Crippen LogP contribution in [0.15, 0.2) is 11.1 Å². The van der Waals surface area contributed by atoms with E-state index in [1.165, 1.54) is 0 Å². The maximum atomic E-state index is 5.52. The van der Waals surface area contributed by atoms with Crippen LogP contribution in [0.4, 0.5) is 5.82 Å². The molecule has 0 saturated carbocycles. The van der Waals surface area contributed by atoms with Crippen molar-refractivity contribution in [2.45, 2.75) is 0 Å². The zero-order valence-corrected chi connectivity index (χ0v) is 5.76. The summed E-state index contributed by atoms with van der Waals surface area (Å²) >= 11 is 5.52. The molecule has 1 rings (SSSR count). The molecular weight excluding hydrogens is 138 g/mol. The number of aryl methyl sites for hydroxylation is 1. The number of hydrogen-bond acceptors (Lipinski definition) is 2. The topological polar surface area (TPSA) is 30.2 Å². The molecular formula is C5H6ClN3. The molecule has 9 heavy (non-hydrogen) atoms. The Bertz CT molecular complexity index is 228. The van der Waals surface area contributed by atoms with E-state index in [1.807, 2.05) is 0 Å². The molecule has 0 aliphatic heterocycles. The largest absolute Gasteiger partial charge is 0.249 e. The van der Waals surface area contributed by atoms with E-state index in [4.69, 9.17) is 11.6 Å². The fourth-order valence-electron chi connectivity index (χ4n) is 0.571. The summed E-state index contributed by atoms with van der Waals surface area (Å²) in [5, 5.41) is 4.27. The summed E-state index contributed by atoms with van der Waals surface area (Å²) in [7, 11) is 1.76. The van der Waals surface area contributed by atoms with Crippen LogP contribution in [-0.2, 0) is 7.05 Å². The van der Waals surface area contributed by atoms with Crippen LogP contribution in [0.3, 0.4) is 0 Å². The molecule has 0 aliphatic carbocycles. The summed E-state index contributed by atoms with van der Waals surface area (Å²) in [5.74, 6) is 0.681. The number of aliphatic imine (C=N–C) groups is 1. The highest BCUT2D eigenvalue weighted by atomic mass is 35.5. The summed E-state index contributed by atoms with van der Waals surface area (Å²) in [4.78, 5) is 3.66. The first-order chi connectivity index (χ1) is 4.24. The summed E-state index contributed by atoms with van der Waals surface area (Å²) in [6.45, 7) is 3.34. The van der Waals surface area contributed by atoms with Gasteiger partial charge in [0.1, 0.15) is 0 Å². The van der Waals surface area contributed by atoms with E-state index < -0.39 is 0 Å². The van der Waals surface area contributed by atoms with E-state index in [2.05, 4.69) is 16.8 Å². The number of aromatic nitrogens is 2. The number of halogens is 1. The molecule has 0 atom stereocenters. The molecule has 48 valence electrons. The predicted molar refractivity (Wildman–Crippen MR) is 37.4 cm³/mol. The predicted octanol–water partition coefficient (Wildman–Crippen LogP) is 1.41. The Labute approximate surface area is 58.0 Å². The van der Waals surface area contributed by atoms with Crippen molar-refractivity contribution in [3.05, 3.63) is 11.2 Å². The highest BCUT2D eigenvalue weighted by Gasteiger charge is 1.97. The summed E-state index contributed by atoms with van der Waals surface area (Å²) in [6, 6.07) is 1.65. The minimum absolute atomic E-state index is 0.444. The SMILES string of the molecule is C=Nc1cc(Cl)nn1C. The Hall–Kier alpha value is -0.830. The lowest BCUT2D eigenvalue weighted by atomic mass is 10.6. The first-order valence-electron chi connectivity index (χ1n) is 2.40. The zero-order valence-electron chi connectivity index (χ0n) is 5.00. The molecule has 4 heteroatoms. The second-order valence-electron chi connectivity index (χ2n) is 1.61. The Balaban J connectivity index is 3.15. The molecule has 0 saturated heterocycles. The molecule has 0 radical (unpaired) electrons. The molecule has 1 aromatic rings. The summed E-state index contributed by atoms with van der Waals surface area (Å²) in [6.07, 6.45) is 0. The summed E-state index contributed by atoms with van der Waals surface area (Å²) in [5.41, 5.74) is 0. The van der Waals surface area contributed by atoms with Gasteiger partial charge in [0.05, 0.1) is 0 Å². The fourth-order valence-corrected chi connectivity index (χ4v) is 0.782. The van der Waals surface area contributed by atoms with Crippen LogP contribution in [0, 0.1) is 0 Å². The van der Waals surface area contributed by atoms with E-state index >= 15 is 0 Å². The van der Waals surface area contributed by atoms with E-state index in [1.54, 1.807) is 17.8 Å². The van der Waals surface area contributed by atoms with E-state index in [0.29, 0.717) is 11.0 Å². The average molecular weight is 144 g/mol. The maximum absolute atomic E-state index is 5.52. The molecule has 0 aliphatic rings. The minimum Gasteiger partial charge on any atom is -0.249 e. The quantitative estimate of drug-likeness (QED) is 0.547. The molecule has 0 aromatic carbocycles. The van der Waals surface area contributed by atoms with Crippen molar-refractivity contribution < 1.29 is 0 Å². The monoisotopic (exact) mass is 143 g/mol. The van der Waals surface area contributed by atoms with Crippen LogP contribution in [0.25, 0.3) is 0 Å². The second kappa shape index (κ2) is 2.19. The molecule has 3 nitrogen and oxygen atoms in total. The van der Waals surface area contributed by atoms with Crippen LogP contribution in [-0.4, -0.2) is 16.5 Å². The lowest BCUT2D eigenvalue weighted by molar-refractivity contribution is 0.771. The third-order valence-electron chi connectivity index (χ3n) is 0.987. The lowest BCUT2D eigenvalue weighted by Crippen LogP contribution is -1.87. The van der Waals surface area contributed by atoms with Gasteiger partial charge in [0.25, 0.3) is 0 Å². The van der Waals surface area contributed by atoms with E-state index in [-0.39, 0.29) is 0 Å². The maximum Gasteiger partial charge on any atom is 0.153 e. The van der Waals surface area contributed by atoms with Gasteiger partial charge in [0.2, 0.25) is 0 Å². The van der Waals surface area contributed by atoms with Crippen molar-refractivity contribution in [1.29, 1.82) is 0 Å². The second-order valence-corrected chi connectivity index (χ2v) is 1.99. The van der Waals surface area contributed by atoms with Gasteiger partial charge in [-0.25, -0.2) is 9.67 Å². The zero-order chi connectivity index (χ0) is 6.85. The normalized spacial score (nSPS) is 9.56. The Kier molecular flexibility index (Phi) is 1.53. The minimum atomic E-state index is 0.444. The van der Waals surface area contributed by atoms with Gasteiger partial charge in [-0.05, 0) is 6.72 Å². The number of rotatable bonds is 1. The highest BCUT2D eigenvalue weighted by Crippen LogP contribution is 2.14. The van der Waals surface area contributed by atoms with E-state index in [0.717, 1.165) is 0 Å². The van der Waals surface area contributed by atoms with Crippen LogP contribution in [0.5, 0.6) is 0 Å². The molecule has 0 spiro atoms. The van der Waals surface area contributed by atoms with Crippen molar-refractivity contribution in [1.82, 2.24) is 9.78 Å². The van der Waals surface area contributed by atoms with Gasteiger partial charge >= 0.3 is 0 Å². The lowest BCUT2D eigenvalue weighted by Gasteiger charge is -1.88. The molecule has 0 bridgehead atoms. The molecule has 0 unspecified atom stereocenters. The van der Waals surface area contributed by atoms with Gasteiger partial charge < -0.3 is 0 Å². The third-order valence-corrected chi connectivity index (χ3v) is 1.17. The number of nitrogens with zero attached hydrogens (tertiary/aromatic N) is 3. The average Bonchev–Trinajstić information content (AvgIpc) is 2.10. The Morgan fingerprint density at radius 3 is 2.78 bits per heavy atom. The van der Waals surface area contributed by atoms with Crippen LogP contribution in [0.1, 0.15) is 0 Å². The molecule has 0 N–H and O–H groups in total. The molecule has 1 aromatic heterocycles. The van der Waals surface area contributed by atoms with Crippen molar-refractivity contribution in [3.63, 3.8) is 0 Å². The van der Waals surface area contributed by atoms with Crippen LogP contribution < -0.4 is 0 Å². The first-order valence-corrected chi connectivity index (χ1v) is 2.78. The highest BCUT2D eigenvalue weighted by molar-refractivity contribution is 6.29. The Morgan fingerprint density at radius 2 is 2.56 bits per heavy atom. The third kappa shape index (κ3) is 1.10. The van der Waals surface area contributed by atoms with Crippen molar-refractivity contribution in [2.75, 3.05) is 0 Å². The van der Waals surface area contributed by atoms with Gasteiger partial charge in [-0.15, -0.1) is 0 Å². The molecule has 1 heterocycles. The molecule has 0 fully saturated rings. The fraction of sp³-hybridized carbons (Fsp3) is 0.200. The van der Waals surface area contributed by atoms with Gasteiger partial charge in [-0.3, -0.25) is 0 Å². The van der Waals surface area contributed by atoms with Crippen molar-refractivity contribution in [3.8, 4) is 0 Å². The van der Waals surface area contributed by atoms with Gasteiger partial charge in [0.15, 0.2) is 11.0 Å². The van der Waals surface area contributed by atoms with Crippen molar-refractivity contribution >= 4 is 24.1 Å². The van der Waals surface area contributed by atoms with Gasteiger partial charge in [0, 0.05) is 13.1 Å². The van der Waals surface area contributed by atoms with Crippen LogP contribution in [0.2, 0.25) is 5.15 Å². The number of hydrogen-bond donors (Lipinski definition) is 0. The smallest absolute Gasteiger partial charge is 0.153 e. The standard InChI is InChI=1S/C5H6ClN3/c1-7-5-3-4(6)8-9(5)2/h3H,1H2,2H3. The van der Waals surface area contributed by atoms with E-state index in [9.17, 15) is 0 Å². The van der Waals surface area contributed by atoms with Gasteiger partial charge in [-0.1, -0.05) is 11.6 Å². The Morgan fingerprint density at radius 1 is 1.89 bits per heavy atom. The summed E-state index contributed by atoms with van der Waals surface area (Å²) < 4.78 is 1.56.